The molecule has 7 nitrogen and oxygen atoms in total. The van der Waals surface area contributed by atoms with Gasteiger partial charge >= 0.3 is 5.97 Å². The second kappa shape index (κ2) is 6.02. The minimum absolute atomic E-state index is 0.0268. The lowest BCUT2D eigenvalue weighted by Crippen LogP contribution is -2.19. The zero-order chi connectivity index (χ0) is 16.6. The number of nitrogens with zero attached hydrogens (tertiary/aromatic N) is 3. The number of benzene rings is 1. The molecule has 0 spiro atoms. The molecule has 1 aromatic heterocycles. The van der Waals surface area contributed by atoms with Crippen molar-refractivity contribution in [2.75, 3.05) is 6.61 Å². The molecule has 0 amide bonds. The molecular weight excluding hydrogens is 345 g/mol. The van der Waals surface area contributed by atoms with Crippen molar-refractivity contribution in [2.24, 2.45) is 0 Å². The number of hydrogen-bond acceptors (Lipinski definition) is 5. The van der Waals surface area contributed by atoms with E-state index in [1.165, 1.54) is 24.4 Å². The average molecular weight is 354 g/mol. The van der Waals surface area contributed by atoms with E-state index in [-0.39, 0.29) is 29.5 Å². The number of aromatic nitrogens is 3. The Morgan fingerprint density at radius 1 is 1.43 bits per heavy atom. The van der Waals surface area contributed by atoms with E-state index in [4.69, 9.17) is 33.0 Å². The first-order chi connectivity index (χ1) is 10.9. The molecule has 0 unspecified atom stereocenters. The van der Waals surface area contributed by atoms with Gasteiger partial charge in [0.05, 0.1) is 16.8 Å². The SMILES string of the molecule is O=C(O)Cn1cc(/C=C2/COc3c(Cl)cc(Cl)cc3C2=O)nn1. The second-order valence-corrected chi connectivity index (χ2v) is 5.63. The number of carboxylic acid groups (broad SMARTS) is 1. The molecule has 1 N–H and O–H groups in total. The Hall–Kier alpha value is -2.38. The van der Waals surface area contributed by atoms with Crippen LogP contribution in [0.4, 0.5) is 0 Å². The van der Waals surface area contributed by atoms with Crippen molar-refractivity contribution < 1.29 is 19.4 Å². The smallest absolute Gasteiger partial charge is 0.325 e. The number of rotatable bonds is 3. The summed E-state index contributed by atoms with van der Waals surface area (Å²) < 4.78 is 6.66. The van der Waals surface area contributed by atoms with Crippen molar-refractivity contribution in [3.05, 3.63) is 45.2 Å². The number of aliphatic carboxylic acids is 1. The van der Waals surface area contributed by atoms with Crippen LogP contribution in [-0.2, 0) is 11.3 Å². The van der Waals surface area contributed by atoms with Gasteiger partial charge in [0.1, 0.15) is 24.6 Å². The standard InChI is InChI=1S/C14H9Cl2N3O4/c15-8-2-10-13(22)7(6-23-14(10)11(16)3-8)1-9-4-19(18-17-9)5-12(20)21/h1-4H,5-6H2,(H,20,21)/b7-1-. The third kappa shape index (κ3) is 3.20. The Bertz CT molecular complexity index is 845. The first-order valence-corrected chi connectivity index (χ1v) is 7.18. The molecule has 0 saturated heterocycles. The number of halogens is 2. The van der Waals surface area contributed by atoms with Gasteiger partial charge in [0, 0.05) is 10.6 Å². The molecule has 1 aliphatic rings. The number of carbonyl (C=O) groups is 2. The third-order valence-corrected chi connectivity index (χ3v) is 3.59. The van der Waals surface area contributed by atoms with E-state index in [0.29, 0.717) is 22.0 Å². The Morgan fingerprint density at radius 3 is 2.96 bits per heavy atom. The monoisotopic (exact) mass is 353 g/mol. The quantitative estimate of drug-likeness (QED) is 0.851. The number of ketones is 1. The Morgan fingerprint density at radius 2 is 2.22 bits per heavy atom. The Balaban J connectivity index is 1.91. The van der Waals surface area contributed by atoms with Gasteiger partial charge in [-0.25, -0.2) is 4.68 Å². The molecule has 0 atom stereocenters. The molecule has 0 aliphatic carbocycles. The molecule has 1 aromatic carbocycles. The maximum atomic E-state index is 12.5. The minimum Gasteiger partial charge on any atom is -0.486 e. The predicted octanol–water partition coefficient (Wildman–Crippen LogP) is 2.33. The lowest BCUT2D eigenvalue weighted by molar-refractivity contribution is -0.137. The van der Waals surface area contributed by atoms with Crippen LogP contribution in [0, 0.1) is 0 Å². The van der Waals surface area contributed by atoms with Gasteiger partial charge in [-0.15, -0.1) is 5.10 Å². The summed E-state index contributed by atoms with van der Waals surface area (Å²) in [7, 11) is 0. The van der Waals surface area contributed by atoms with E-state index in [2.05, 4.69) is 10.3 Å². The average Bonchev–Trinajstić information content (AvgIpc) is 2.89. The molecule has 23 heavy (non-hydrogen) atoms. The van der Waals surface area contributed by atoms with Crippen LogP contribution in [0.5, 0.6) is 5.75 Å². The minimum atomic E-state index is -1.04. The van der Waals surface area contributed by atoms with Crippen molar-refractivity contribution in [2.45, 2.75) is 6.54 Å². The highest BCUT2D eigenvalue weighted by Crippen LogP contribution is 2.37. The molecule has 3 rings (SSSR count). The molecule has 0 saturated carbocycles. The maximum Gasteiger partial charge on any atom is 0.325 e. The van der Waals surface area contributed by atoms with E-state index < -0.39 is 5.97 Å². The lowest BCUT2D eigenvalue weighted by Gasteiger charge is -2.19. The fourth-order valence-corrected chi connectivity index (χ4v) is 2.69. The Labute approximate surface area is 140 Å². The van der Waals surface area contributed by atoms with Crippen LogP contribution >= 0.6 is 23.2 Å². The summed E-state index contributed by atoms with van der Waals surface area (Å²) in [6.45, 7) is -0.284. The van der Waals surface area contributed by atoms with Crippen molar-refractivity contribution in [1.82, 2.24) is 15.0 Å². The van der Waals surface area contributed by atoms with E-state index in [0.717, 1.165) is 4.68 Å². The van der Waals surface area contributed by atoms with E-state index in [9.17, 15) is 9.59 Å². The first kappa shape index (κ1) is 15.5. The fraction of sp³-hybridized carbons (Fsp3) is 0.143. The second-order valence-electron chi connectivity index (χ2n) is 4.79. The molecule has 2 heterocycles. The van der Waals surface area contributed by atoms with Crippen molar-refractivity contribution in [1.29, 1.82) is 0 Å². The number of carboxylic acids is 1. The summed E-state index contributed by atoms with van der Waals surface area (Å²) in [5.41, 5.74) is 0.978. The summed E-state index contributed by atoms with van der Waals surface area (Å²) >= 11 is 11.9. The number of hydrogen-bond donors (Lipinski definition) is 1. The fourth-order valence-electron chi connectivity index (χ4n) is 2.15. The van der Waals surface area contributed by atoms with E-state index >= 15 is 0 Å². The van der Waals surface area contributed by atoms with Crippen molar-refractivity contribution in [3.63, 3.8) is 0 Å². The normalized spacial score (nSPS) is 15.4. The van der Waals surface area contributed by atoms with Crippen molar-refractivity contribution in [3.8, 4) is 5.75 Å². The van der Waals surface area contributed by atoms with Crippen LogP contribution in [0.15, 0.2) is 23.9 Å². The van der Waals surface area contributed by atoms with Gasteiger partial charge in [-0.3, -0.25) is 9.59 Å². The Kier molecular flexibility index (Phi) is 4.06. The number of Topliss-reactive ketones (excluding diaryl/α,β-unsaturated/α-hetero) is 1. The van der Waals surface area contributed by atoms with Gasteiger partial charge in [0.2, 0.25) is 0 Å². The third-order valence-electron chi connectivity index (χ3n) is 3.09. The largest absolute Gasteiger partial charge is 0.486 e. The van der Waals surface area contributed by atoms with Gasteiger partial charge in [0.25, 0.3) is 0 Å². The summed E-state index contributed by atoms with van der Waals surface area (Å²) in [6, 6.07) is 2.99. The summed E-state index contributed by atoms with van der Waals surface area (Å²) in [5.74, 6) is -1.01. The number of ether oxygens (including phenoxy) is 1. The summed E-state index contributed by atoms with van der Waals surface area (Å²) in [6.07, 6.45) is 2.92. The van der Waals surface area contributed by atoms with Gasteiger partial charge in [-0.05, 0) is 18.2 Å². The van der Waals surface area contributed by atoms with Crippen LogP contribution < -0.4 is 4.74 Å². The summed E-state index contributed by atoms with van der Waals surface area (Å²) in [4.78, 5) is 23.1. The number of fused-ring (bicyclic) bond motifs is 1. The lowest BCUT2D eigenvalue weighted by atomic mass is 9.99. The number of carbonyl (C=O) groups excluding carboxylic acids is 1. The molecule has 0 fully saturated rings. The van der Waals surface area contributed by atoms with Gasteiger partial charge in [-0.2, -0.15) is 0 Å². The zero-order valence-corrected chi connectivity index (χ0v) is 13.0. The van der Waals surface area contributed by atoms with Crippen LogP contribution in [0.2, 0.25) is 10.0 Å². The predicted molar refractivity (Wildman–Crippen MR) is 81.9 cm³/mol. The highest BCUT2D eigenvalue weighted by molar-refractivity contribution is 6.37. The van der Waals surface area contributed by atoms with Crippen LogP contribution in [0.1, 0.15) is 16.1 Å². The van der Waals surface area contributed by atoms with Crippen molar-refractivity contribution >= 4 is 41.0 Å². The summed E-state index contributed by atoms with van der Waals surface area (Å²) in [5, 5.41) is 16.8. The van der Waals surface area contributed by atoms with Crippen LogP contribution in [-0.4, -0.2) is 38.5 Å². The molecule has 9 heteroatoms. The highest BCUT2D eigenvalue weighted by atomic mass is 35.5. The van der Waals surface area contributed by atoms with E-state index in [1.807, 2.05) is 0 Å². The zero-order valence-electron chi connectivity index (χ0n) is 11.5. The molecule has 0 bridgehead atoms. The van der Waals surface area contributed by atoms with Gasteiger partial charge < -0.3 is 9.84 Å². The van der Waals surface area contributed by atoms with E-state index in [1.54, 1.807) is 0 Å². The molecule has 1 aliphatic heterocycles. The van der Waals surface area contributed by atoms with Gasteiger partial charge in [-0.1, -0.05) is 28.4 Å². The molecule has 0 radical (unpaired) electrons. The first-order valence-electron chi connectivity index (χ1n) is 6.43. The molecular formula is C14H9Cl2N3O4. The molecule has 118 valence electrons. The topological polar surface area (TPSA) is 94.3 Å². The maximum absolute atomic E-state index is 12.5. The molecule has 2 aromatic rings. The van der Waals surface area contributed by atoms with Crippen LogP contribution in [0.3, 0.4) is 0 Å². The highest BCUT2D eigenvalue weighted by Gasteiger charge is 2.26. The van der Waals surface area contributed by atoms with Crippen LogP contribution in [0.25, 0.3) is 6.08 Å². The van der Waals surface area contributed by atoms with Gasteiger partial charge in [0.15, 0.2) is 5.78 Å².